The number of carboxylic acid groups (broad SMARTS) is 1. The Morgan fingerprint density at radius 3 is 2.64 bits per heavy atom. The van der Waals surface area contributed by atoms with Crippen molar-refractivity contribution < 1.29 is 24.2 Å². The standard InChI is InChI=1S/C16H22N4O5/c1-3-6-17-15(22)13-8(7-18-20(13)2)19-14(21)11-9-4-5-10(25-9)12(11)16(23)24/h7,9-12H,3-6H2,1-2H3,(H,17,22)(H,19,21)(H,23,24)/t9-,10+,11+,12+/m1/s1. The van der Waals surface area contributed by atoms with Crippen LogP contribution in [0.3, 0.4) is 0 Å². The van der Waals surface area contributed by atoms with Crippen LogP contribution in [0.1, 0.15) is 36.7 Å². The molecule has 136 valence electrons. The fourth-order valence-corrected chi connectivity index (χ4v) is 3.66. The highest BCUT2D eigenvalue weighted by atomic mass is 16.5. The van der Waals surface area contributed by atoms with Crippen molar-refractivity contribution >= 4 is 23.5 Å². The molecule has 2 fully saturated rings. The molecule has 1 aromatic rings. The van der Waals surface area contributed by atoms with Gasteiger partial charge in [-0.05, 0) is 19.3 Å². The molecule has 3 N–H and O–H groups in total. The van der Waals surface area contributed by atoms with Crippen LogP contribution in [0.25, 0.3) is 0 Å². The van der Waals surface area contributed by atoms with Crippen molar-refractivity contribution in [1.29, 1.82) is 0 Å². The van der Waals surface area contributed by atoms with E-state index < -0.39 is 29.8 Å². The lowest BCUT2D eigenvalue weighted by molar-refractivity contribution is -0.147. The summed E-state index contributed by atoms with van der Waals surface area (Å²) in [7, 11) is 1.61. The molecule has 0 saturated carbocycles. The minimum Gasteiger partial charge on any atom is -0.481 e. The largest absolute Gasteiger partial charge is 0.481 e. The summed E-state index contributed by atoms with van der Waals surface area (Å²) < 4.78 is 6.99. The zero-order chi connectivity index (χ0) is 18.1. The van der Waals surface area contributed by atoms with Crippen molar-refractivity contribution in [3.63, 3.8) is 0 Å². The van der Waals surface area contributed by atoms with Crippen LogP contribution in [-0.2, 0) is 21.4 Å². The summed E-state index contributed by atoms with van der Waals surface area (Å²) in [6.07, 6.45) is 2.70. The number of aliphatic carboxylic acids is 1. The maximum atomic E-state index is 12.7. The number of ether oxygens (including phenoxy) is 1. The second-order valence-electron chi connectivity index (χ2n) is 6.46. The van der Waals surface area contributed by atoms with E-state index in [4.69, 9.17) is 4.74 Å². The van der Waals surface area contributed by atoms with Crippen molar-refractivity contribution in [2.24, 2.45) is 18.9 Å². The fourth-order valence-electron chi connectivity index (χ4n) is 3.66. The van der Waals surface area contributed by atoms with Crippen molar-refractivity contribution in [3.05, 3.63) is 11.9 Å². The Hall–Kier alpha value is -2.42. The van der Waals surface area contributed by atoms with Gasteiger partial charge < -0.3 is 20.5 Å². The quantitative estimate of drug-likeness (QED) is 0.681. The van der Waals surface area contributed by atoms with Crippen LogP contribution in [0.5, 0.6) is 0 Å². The number of amides is 2. The minimum atomic E-state index is -1.03. The maximum absolute atomic E-state index is 12.7. The molecule has 0 spiro atoms. The van der Waals surface area contributed by atoms with E-state index in [2.05, 4.69) is 15.7 Å². The highest BCUT2D eigenvalue weighted by Crippen LogP contribution is 2.44. The van der Waals surface area contributed by atoms with Gasteiger partial charge in [-0.3, -0.25) is 19.1 Å². The molecule has 0 aromatic carbocycles. The monoisotopic (exact) mass is 350 g/mol. The molecule has 9 nitrogen and oxygen atoms in total. The lowest BCUT2D eigenvalue weighted by Crippen LogP contribution is -2.41. The first-order valence-corrected chi connectivity index (χ1v) is 8.43. The minimum absolute atomic E-state index is 0.234. The summed E-state index contributed by atoms with van der Waals surface area (Å²) >= 11 is 0. The zero-order valence-corrected chi connectivity index (χ0v) is 14.2. The molecule has 2 saturated heterocycles. The molecular weight excluding hydrogens is 328 g/mol. The van der Waals surface area contributed by atoms with E-state index in [9.17, 15) is 19.5 Å². The van der Waals surface area contributed by atoms with E-state index >= 15 is 0 Å². The number of nitrogens with zero attached hydrogens (tertiary/aromatic N) is 2. The summed E-state index contributed by atoms with van der Waals surface area (Å²) in [6.45, 7) is 2.45. The Balaban J connectivity index is 1.77. The number of aromatic nitrogens is 2. The average Bonchev–Trinajstić information content (AvgIpc) is 3.26. The molecule has 4 atom stereocenters. The maximum Gasteiger partial charge on any atom is 0.310 e. The van der Waals surface area contributed by atoms with Gasteiger partial charge in [0.25, 0.3) is 5.91 Å². The van der Waals surface area contributed by atoms with Gasteiger partial charge >= 0.3 is 5.97 Å². The molecule has 3 rings (SSSR count). The van der Waals surface area contributed by atoms with Gasteiger partial charge in [0, 0.05) is 13.6 Å². The number of hydrogen-bond acceptors (Lipinski definition) is 5. The molecule has 2 aliphatic rings. The highest BCUT2D eigenvalue weighted by Gasteiger charge is 2.55. The molecule has 0 aliphatic carbocycles. The predicted molar refractivity (Wildman–Crippen MR) is 87.0 cm³/mol. The first-order valence-electron chi connectivity index (χ1n) is 8.43. The van der Waals surface area contributed by atoms with Gasteiger partial charge in [-0.15, -0.1) is 0 Å². The van der Waals surface area contributed by atoms with Crippen molar-refractivity contribution in [3.8, 4) is 0 Å². The summed E-state index contributed by atoms with van der Waals surface area (Å²) in [5.41, 5.74) is 0.505. The number of hydrogen-bond donors (Lipinski definition) is 3. The fraction of sp³-hybridized carbons (Fsp3) is 0.625. The zero-order valence-electron chi connectivity index (χ0n) is 14.2. The van der Waals surface area contributed by atoms with Crippen LogP contribution >= 0.6 is 0 Å². The van der Waals surface area contributed by atoms with Gasteiger partial charge in [0.1, 0.15) is 5.69 Å². The van der Waals surface area contributed by atoms with Gasteiger partial charge in [-0.1, -0.05) is 6.92 Å². The number of rotatable bonds is 6. The number of carboxylic acids is 1. The topological polar surface area (TPSA) is 123 Å². The van der Waals surface area contributed by atoms with Crippen LogP contribution in [0.2, 0.25) is 0 Å². The van der Waals surface area contributed by atoms with E-state index in [-0.39, 0.29) is 23.4 Å². The third-order valence-corrected chi connectivity index (χ3v) is 4.81. The Labute approximate surface area is 144 Å². The number of fused-ring (bicyclic) bond motifs is 2. The second-order valence-corrected chi connectivity index (χ2v) is 6.46. The number of aryl methyl sites for hydroxylation is 1. The molecular formula is C16H22N4O5. The molecule has 2 amide bonds. The lowest BCUT2D eigenvalue weighted by atomic mass is 9.78. The molecule has 9 heteroatoms. The van der Waals surface area contributed by atoms with Crippen LogP contribution in [0.4, 0.5) is 5.69 Å². The number of carbonyl (C=O) groups is 3. The lowest BCUT2D eigenvalue weighted by Gasteiger charge is -2.23. The molecule has 3 heterocycles. The molecule has 2 aliphatic heterocycles. The highest BCUT2D eigenvalue weighted by molar-refractivity contribution is 6.03. The first kappa shape index (κ1) is 17.4. The molecule has 25 heavy (non-hydrogen) atoms. The summed E-state index contributed by atoms with van der Waals surface area (Å²) in [5.74, 6) is -3.43. The van der Waals surface area contributed by atoms with Gasteiger partial charge in [0.2, 0.25) is 5.91 Å². The van der Waals surface area contributed by atoms with E-state index in [0.717, 1.165) is 6.42 Å². The molecule has 2 bridgehead atoms. The SMILES string of the molecule is CCCNC(=O)c1c(NC(=O)[C@@H]2[C@@H](C(=O)O)[C@@H]3CC[C@H]2O3)cnn1C. The van der Waals surface area contributed by atoms with E-state index in [0.29, 0.717) is 19.4 Å². The van der Waals surface area contributed by atoms with Gasteiger partial charge in [-0.25, -0.2) is 0 Å². The van der Waals surface area contributed by atoms with Crippen LogP contribution in [0, 0.1) is 11.8 Å². The third-order valence-electron chi connectivity index (χ3n) is 4.81. The predicted octanol–water partition coefficient (Wildman–Crippen LogP) is 0.377. The van der Waals surface area contributed by atoms with Crippen molar-refractivity contribution in [1.82, 2.24) is 15.1 Å². The number of nitrogens with one attached hydrogen (secondary N) is 2. The van der Waals surface area contributed by atoms with Gasteiger partial charge in [0.05, 0.1) is 35.9 Å². The van der Waals surface area contributed by atoms with Crippen LogP contribution in [-0.4, -0.2) is 51.4 Å². The number of anilines is 1. The normalized spacial score (nSPS) is 27.3. The van der Waals surface area contributed by atoms with E-state index in [1.165, 1.54) is 10.9 Å². The Morgan fingerprint density at radius 1 is 1.32 bits per heavy atom. The number of carbonyl (C=O) groups excluding carboxylic acids is 2. The average molecular weight is 350 g/mol. The molecule has 1 aromatic heterocycles. The van der Waals surface area contributed by atoms with Crippen molar-refractivity contribution in [2.75, 3.05) is 11.9 Å². The van der Waals surface area contributed by atoms with Gasteiger partial charge in [0.15, 0.2) is 0 Å². The van der Waals surface area contributed by atoms with Crippen LogP contribution < -0.4 is 10.6 Å². The van der Waals surface area contributed by atoms with Gasteiger partial charge in [-0.2, -0.15) is 5.10 Å². The van der Waals surface area contributed by atoms with Crippen LogP contribution in [0.15, 0.2) is 6.20 Å². The van der Waals surface area contributed by atoms with E-state index in [1.807, 2.05) is 6.92 Å². The Morgan fingerprint density at radius 2 is 2.00 bits per heavy atom. The molecule has 0 radical (unpaired) electrons. The summed E-state index contributed by atoms with van der Waals surface area (Å²) in [5, 5.41) is 18.9. The second kappa shape index (κ2) is 6.83. The summed E-state index contributed by atoms with van der Waals surface area (Å²) in [6, 6.07) is 0. The third kappa shape index (κ3) is 3.11. The summed E-state index contributed by atoms with van der Waals surface area (Å²) in [4.78, 5) is 36.5. The Bertz CT molecular complexity index is 701. The van der Waals surface area contributed by atoms with Crippen molar-refractivity contribution in [2.45, 2.75) is 38.4 Å². The Kier molecular flexibility index (Phi) is 4.76. The van der Waals surface area contributed by atoms with E-state index in [1.54, 1.807) is 7.05 Å². The smallest absolute Gasteiger partial charge is 0.310 e. The molecule has 0 unspecified atom stereocenters. The first-order chi connectivity index (χ1) is 11.9.